The highest BCUT2D eigenvalue weighted by atomic mass is 19.4. The topological polar surface area (TPSA) is 183 Å². The van der Waals surface area contributed by atoms with E-state index in [2.05, 4.69) is 25.7 Å². The van der Waals surface area contributed by atoms with Crippen LogP contribution in [0.25, 0.3) is 0 Å². The van der Waals surface area contributed by atoms with Gasteiger partial charge in [0.1, 0.15) is 28.7 Å². The van der Waals surface area contributed by atoms with Crippen LogP contribution < -0.4 is 20.1 Å². The molecule has 55 heavy (non-hydrogen) atoms. The summed E-state index contributed by atoms with van der Waals surface area (Å²) in [6, 6.07) is 12.0. The lowest BCUT2D eigenvalue weighted by Crippen LogP contribution is -2.62. The number of carbonyl (C=O) groups is 4. The third kappa shape index (κ3) is 11.6. The number of rotatable bonds is 16. The van der Waals surface area contributed by atoms with Crippen molar-refractivity contribution in [3.8, 4) is 11.5 Å². The minimum atomic E-state index is -5.36. The summed E-state index contributed by atoms with van der Waals surface area (Å²) in [5.74, 6) is -2.30. The molecule has 2 aromatic carbocycles. The second-order valence-electron chi connectivity index (χ2n) is 14.4. The summed E-state index contributed by atoms with van der Waals surface area (Å²) in [6.45, 7) is 9.43. The normalized spacial score (nSPS) is 14.1. The first-order valence-corrected chi connectivity index (χ1v) is 17.2. The van der Waals surface area contributed by atoms with Gasteiger partial charge in [-0.2, -0.15) is 13.2 Å². The number of aliphatic hydroxyl groups is 1. The average molecular weight is 779 g/mol. The van der Waals surface area contributed by atoms with Crippen LogP contribution in [0.15, 0.2) is 54.7 Å². The first-order valence-electron chi connectivity index (χ1n) is 17.2. The summed E-state index contributed by atoms with van der Waals surface area (Å²) in [6.07, 6.45) is -6.32. The van der Waals surface area contributed by atoms with Crippen LogP contribution in [0.4, 0.5) is 18.0 Å². The van der Waals surface area contributed by atoms with Crippen LogP contribution in [0.2, 0.25) is 0 Å². The number of benzene rings is 2. The van der Waals surface area contributed by atoms with Gasteiger partial charge < -0.3 is 39.6 Å². The fourth-order valence-corrected chi connectivity index (χ4v) is 5.47. The number of alkyl halides is 3. The molecular weight excluding hydrogens is 729 g/mol. The maximum absolute atomic E-state index is 14.7. The lowest BCUT2D eigenvalue weighted by molar-refractivity contribution is -0.261. The van der Waals surface area contributed by atoms with Crippen LogP contribution >= 0.6 is 0 Å². The summed E-state index contributed by atoms with van der Waals surface area (Å²) >= 11 is 0. The fraction of sp³-hybridized carbons (Fsp3) is 0.514. The van der Waals surface area contributed by atoms with Crippen molar-refractivity contribution in [2.75, 3.05) is 21.3 Å². The Morgan fingerprint density at radius 1 is 0.945 bits per heavy atom. The van der Waals surface area contributed by atoms with E-state index in [9.17, 15) is 37.5 Å². The molecule has 0 saturated heterocycles. The zero-order chi connectivity index (χ0) is 41.4. The molecule has 1 heterocycles. The van der Waals surface area contributed by atoms with E-state index in [-0.39, 0.29) is 25.2 Å². The maximum Gasteiger partial charge on any atom is 0.428 e. The monoisotopic (exact) mass is 778 g/mol. The molecule has 302 valence electrons. The van der Waals surface area contributed by atoms with Gasteiger partial charge in [-0.05, 0) is 59.2 Å². The summed E-state index contributed by atoms with van der Waals surface area (Å²) in [4.78, 5) is 55.1. The standard InChI is InChI=1S/C37H49F3N6O9/c1-23(20-45-22-26(43-44-45)19-36(51,32(49)54-9)37(38,39)40)41-31(48)35(5,6)46(21-25-15-16-27(52-7)18-29(25)53-8)30(47)28(17-24-13-11-10-12-14-24)42-33(50)55-34(2,3)4/h10-16,18,22-23,28,51H,17,19-21H2,1-9H3,(H,41,48)(H,42,50)/t23-,28-,36?/m0/s1. The lowest BCUT2D eigenvalue weighted by Gasteiger charge is -2.40. The molecule has 15 nitrogen and oxygen atoms in total. The van der Waals surface area contributed by atoms with Gasteiger partial charge in [-0.3, -0.25) is 14.3 Å². The summed E-state index contributed by atoms with van der Waals surface area (Å²) in [5, 5.41) is 23.1. The first kappa shape index (κ1) is 44.0. The highest BCUT2D eigenvalue weighted by Crippen LogP contribution is 2.34. The second kappa shape index (κ2) is 17.8. The molecule has 0 saturated carbocycles. The van der Waals surface area contributed by atoms with E-state index in [1.54, 1.807) is 70.2 Å². The second-order valence-corrected chi connectivity index (χ2v) is 14.4. The number of ether oxygens (including phenoxy) is 4. The van der Waals surface area contributed by atoms with Gasteiger partial charge >= 0.3 is 18.2 Å². The summed E-state index contributed by atoms with van der Waals surface area (Å²) in [5.41, 5.74) is -5.47. The summed E-state index contributed by atoms with van der Waals surface area (Å²) in [7, 11) is 3.64. The van der Waals surface area contributed by atoms with Gasteiger partial charge in [0.05, 0.1) is 40.1 Å². The number of alkyl carbamates (subject to hydrolysis) is 1. The number of nitrogens with zero attached hydrogens (tertiary/aromatic N) is 4. The molecule has 0 bridgehead atoms. The minimum Gasteiger partial charge on any atom is -0.497 e. The van der Waals surface area contributed by atoms with Crippen LogP contribution in [0, 0.1) is 0 Å². The van der Waals surface area contributed by atoms with Gasteiger partial charge in [-0.25, -0.2) is 9.59 Å². The van der Waals surface area contributed by atoms with E-state index in [1.807, 2.05) is 6.07 Å². The zero-order valence-corrected chi connectivity index (χ0v) is 32.3. The third-order valence-corrected chi connectivity index (χ3v) is 8.44. The number of halogens is 3. The van der Waals surface area contributed by atoms with Gasteiger partial charge in [0.2, 0.25) is 11.8 Å². The predicted octanol–water partition coefficient (Wildman–Crippen LogP) is 3.75. The Hall–Kier alpha value is -5.39. The molecule has 0 aliphatic heterocycles. The number of carbonyl (C=O) groups excluding carboxylic acids is 4. The van der Waals surface area contributed by atoms with Crippen molar-refractivity contribution in [2.24, 2.45) is 0 Å². The Morgan fingerprint density at radius 3 is 2.16 bits per heavy atom. The molecule has 3 rings (SSSR count). The largest absolute Gasteiger partial charge is 0.497 e. The molecule has 3 amide bonds. The number of hydrogen-bond donors (Lipinski definition) is 3. The van der Waals surface area contributed by atoms with Crippen molar-refractivity contribution in [1.29, 1.82) is 0 Å². The van der Waals surface area contributed by atoms with Gasteiger partial charge in [0.15, 0.2) is 0 Å². The molecule has 3 N–H and O–H groups in total. The number of hydrogen-bond acceptors (Lipinski definition) is 11. The quantitative estimate of drug-likeness (QED) is 0.180. The van der Waals surface area contributed by atoms with E-state index < -0.39 is 65.3 Å². The Labute approximate surface area is 317 Å². The molecule has 0 aliphatic carbocycles. The van der Waals surface area contributed by atoms with Crippen molar-refractivity contribution in [3.63, 3.8) is 0 Å². The molecule has 0 fully saturated rings. The molecule has 3 atom stereocenters. The van der Waals surface area contributed by atoms with Crippen molar-refractivity contribution >= 4 is 23.9 Å². The number of nitrogens with one attached hydrogen (secondary N) is 2. The number of amides is 3. The molecule has 0 radical (unpaired) electrons. The third-order valence-electron chi connectivity index (χ3n) is 8.44. The first-order chi connectivity index (χ1) is 25.5. The molecular formula is C37H49F3N6O9. The van der Waals surface area contributed by atoms with E-state index >= 15 is 0 Å². The van der Waals surface area contributed by atoms with E-state index in [4.69, 9.17) is 14.2 Å². The Bertz CT molecular complexity index is 1800. The van der Waals surface area contributed by atoms with Crippen molar-refractivity contribution in [3.05, 3.63) is 71.5 Å². The molecule has 3 aromatic rings. The number of methoxy groups -OCH3 is 3. The van der Waals surface area contributed by atoms with Gasteiger partial charge in [-0.15, -0.1) is 5.10 Å². The van der Waals surface area contributed by atoms with Crippen molar-refractivity contribution in [1.82, 2.24) is 30.5 Å². The Kier molecular flexibility index (Phi) is 14.3. The smallest absolute Gasteiger partial charge is 0.428 e. The van der Waals surface area contributed by atoms with Crippen LogP contribution in [-0.4, -0.2) is 105 Å². The number of aromatic nitrogens is 3. The van der Waals surface area contributed by atoms with E-state index in [0.29, 0.717) is 24.2 Å². The highest BCUT2D eigenvalue weighted by molar-refractivity contribution is 5.94. The van der Waals surface area contributed by atoms with Crippen LogP contribution in [0.5, 0.6) is 11.5 Å². The Morgan fingerprint density at radius 2 is 1.60 bits per heavy atom. The van der Waals surface area contributed by atoms with Crippen molar-refractivity contribution < 1.29 is 56.4 Å². The molecule has 1 unspecified atom stereocenters. The van der Waals surface area contributed by atoms with Crippen LogP contribution in [0.3, 0.4) is 0 Å². The maximum atomic E-state index is 14.7. The molecule has 1 aromatic heterocycles. The van der Waals surface area contributed by atoms with E-state index in [1.165, 1.54) is 33.0 Å². The van der Waals surface area contributed by atoms with Gasteiger partial charge in [0, 0.05) is 36.7 Å². The van der Waals surface area contributed by atoms with Gasteiger partial charge in [-0.1, -0.05) is 35.5 Å². The van der Waals surface area contributed by atoms with Gasteiger partial charge in [0.25, 0.3) is 5.60 Å². The molecule has 0 spiro atoms. The van der Waals surface area contributed by atoms with E-state index in [0.717, 1.165) is 16.4 Å². The van der Waals surface area contributed by atoms with Crippen LogP contribution in [-0.2, 0) is 49.8 Å². The molecule has 18 heteroatoms. The SMILES string of the molecule is COC(=O)C(O)(Cc1cn(C[C@H](C)NC(=O)C(C)(C)N(Cc2ccc(OC)cc2OC)C(=O)[C@H](Cc2ccccc2)NC(=O)OC(C)(C)C)nn1)C(F)(F)F. The Balaban J connectivity index is 1.95. The minimum absolute atomic E-state index is 0.0529. The zero-order valence-electron chi connectivity index (χ0n) is 32.3. The van der Waals surface area contributed by atoms with Crippen molar-refractivity contribution in [2.45, 2.75) is 102 Å². The summed E-state index contributed by atoms with van der Waals surface area (Å²) < 4.78 is 62.5. The highest BCUT2D eigenvalue weighted by Gasteiger charge is 2.61. The van der Waals surface area contributed by atoms with Crippen LogP contribution in [0.1, 0.15) is 58.4 Å². The lowest BCUT2D eigenvalue weighted by atomic mass is 9.96. The predicted molar refractivity (Wildman–Crippen MR) is 192 cm³/mol. The average Bonchev–Trinajstić information content (AvgIpc) is 3.54. The fourth-order valence-electron chi connectivity index (χ4n) is 5.47. The molecule has 0 aliphatic rings. The number of esters is 1.